The maximum absolute atomic E-state index is 8.83. The Balaban J connectivity index is 1.96. The lowest BCUT2D eigenvalue weighted by Crippen LogP contribution is -2.45. The van der Waals surface area contributed by atoms with Gasteiger partial charge in [-0.2, -0.15) is 5.26 Å². The van der Waals surface area contributed by atoms with Crippen LogP contribution in [0.1, 0.15) is 57.2 Å². The van der Waals surface area contributed by atoms with Gasteiger partial charge in [-0.05, 0) is 50.8 Å². The highest BCUT2D eigenvalue weighted by molar-refractivity contribution is 5.32. The molecule has 0 saturated carbocycles. The van der Waals surface area contributed by atoms with E-state index in [4.69, 9.17) is 10.00 Å². The number of benzene rings is 1. The summed E-state index contributed by atoms with van der Waals surface area (Å²) >= 11 is 0. The first kappa shape index (κ1) is 15.0. The Hall–Kier alpha value is -1.37. The van der Waals surface area contributed by atoms with Gasteiger partial charge in [0.05, 0.1) is 17.2 Å². The summed E-state index contributed by atoms with van der Waals surface area (Å²) in [7, 11) is 0. The summed E-state index contributed by atoms with van der Waals surface area (Å²) < 4.78 is 5.89. The third-order valence-electron chi connectivity index (χ3n) is 4.37. The second-order valence-electron chi connectivity index (χ2n) is 5.96. The van der Waals surface area contributed by atoms with E-state index in [1.165, 1.54) is 5.56 Å². The molecule has 3 unspecified atom stereocenters. The molecule has 1 fully saturated rings. The molecular formula is C17H24N2O. The molecule has 1 aromatic rings. The molecule has 2 rings (SSSR count). The van der Waals surface area contributed by atoms with E-state index in [-0.39, 0.29) is 5.60 Å². The molecular weight excluding hydrogens is 248 g/mol. The molecule has 1 aliphatic rings. The third kappa shape index (κ3) is 3.59. The van der Waals surface area contributed by atoms with Crippen molar-refractivity contribution in [3.8, 4) is 6.07 Å². The Morgan fingerprint density at radius 3 is 2.75 bits per heavy atom. The molecule has 3 nitrogen and oxygen atoms in total. The van der Waals surface area contributed by atoms with Gasteiger partial charge in [0.15, 0.2) is 0 Å². The van der Waals surface area contributed by atoms with E-state index in [0.717, 1.165) is 25.9 Å². The summed E-state index contributed by atoms with van der Waals surface area (Å²) in [5, 5.41) is 12.5. The molecule has 20 heavy (non-hydrogen) atoms. The molecule has 0 spiro atoms. The Labute approximate surface area is 121 Å². The first-order valence-corrected chi connectivity index (χ1v) is 7.46. The smallest absolute Gasteiger partial charge is 0.0991 e. The van der Waals surface area contributed by atoms with E-state index in [9.17, 15) is 0 Å². The van der Waals surface area contributed by atoms with Crippen LogP contribution in [0.2, 0.25) is 0 Å². The lowest BCUT2D eigenvalue weighted by atomic mass is 9.89. The van der Waals surface area contributed by atoms with Crippen LogP contribution in [0.15, 0.2) is 24.3 Å². The van der Waals surface area contributed by atoms with E-state index in [1.54, 1.807) is 0 Å². The average molecular weight is 272 g/mol. The fraction of sp³-hybridized carbons (Fsp3) is 0.588. The first-order chi connectivity index (χ1) is 9.56. The molecule has 0 aliphatic carbocycles. The zero-order chi connectivity index (χ0) is 14.6. The quantitative estimate of drug-likeness (QED) is 0.911. The van der Waals surface area contributed by atoms with Crippen molar-refractivity contribution >= 4 is 0 Å². The van der Waals surface area contributed by atoms with Crippen LogP contribution in [0.5, 0.6) is 0 Å². The summed E-state index contributed by atoms with van der Waals surface area (Å²) in [5.74, 6) is 0. The third-order valence-corrected chi connectivity index (χ3v) is 4.37. The van der Waals surface area contributed by atoms with Gasteiger partial charge in [0.1, 0.15) is 0 Å². The van der Waals surface area contributed by atoms with E-state index in [2.05, 4.69) is 32.2 Å². The Bertz CT molecular complexity index is 477. The van der Waals surface area contributed by atoms with E-state index in [0.29, 0.717) is 17.6 Å². The lowest BCUT2D eigenvalue weighted by molar-refractivity contribution is -0.0789. The predicted molar refractivity (Wildman–Crippen MR) is 80.4 cm³/mol. The highest BCUT2D eigenvalue weighted by Gasteiger charge is 2.32. The van der Waals surface area contributed by atoms with Crippen LogP contribution < -0.4 is 5.32 Å². The monoisotopic (exact) mass is 272 g/mol. The number of nitrogens with one attached hydrogen (secondary N) is 1. The minimum absolute atomic E-state index is 0.0142. The maximum Gasteiger partial charge on any atom is 0.0991 e. The normalized spacial score (nSPS) is 27.8. The van der Waals surface area contributed by atoms with Crippen LogP contribution in [-0.4, -0.2) is 18.2 Å². The largest absolute Gasteiger partial charge is 0.375 e. The van der Waals surface area contributed by atoms with Crippen molar-refractivity contribution < 1.29 is 4.74 Å². The molecule has 108 valence electrons. The molecule has 1 heterocycles. The molecule has 3 atom stereocenters. The van der Waals surface area contributed by atoms with Gasteiger partial charge in [0.25, 0.3) is 0 Å². The molecule has 1 N–H and O–H groups in total. The molecule has 0 amide bonds. The number of ether oxygens (including phenoxy) is 1. The minimum atomic E-state index is 0.0142. The Kier molecular flexibility index (Phi) is 4.80. The molecule has 1 aliphatic heterocycles. The summed E-state index contributed by atoms with van der Waals surface area (Å²) in [6.45, 7) is 7.40. The van der Waals surface area contributed by atoms with Crippen LogP contribution in [0.4, 0.5) is 0 Å². The zero-order valence-electron chi connectivity index (χ0n) is 12.6. The number of hydrogen-bond acceptors (Lipinski definition) is 3. The second kappa shape index (κ2) is 6.39. The molecule has 0 bridgehead atoms. The SMILES string of the molecule is CCC1(C)CC(NC(C)c2ccc(C#N)cc2)CCO1. The van der Waals surface area contributed by atoms with E-state index in [1.807, 2.05) is 24.3 Å². The summed E-state index contributed by atoms with van der Waals surface area (Å²) in [5.41, 5.74) is 1.96. The van der Waals surface area contributed by atoms with Gasteiger partial charge in [-0.1, -0.05) is 19.1 Å². The zero-order valence-corrected chi connectivity index (χ0v) is 12.6. The van der Waals surface area contributed by atoms with Gasteiger partial charge in [0.2, 0.25) is 0 Å². The Morgan fingerprint density at radius 2 is 2.15 bits per heavy atom. The average Bonchev–Trinajstić information content (AvgIpc) is 2.47. The van der Waals surface area contributed by atoms with Crippen molar-refractivity contribution in [3.63, 3.8) is 0 Å². The summed E-state index contributed by atoms with van der Waals surface area (Å²) in [4.78, 5) is 0. The van der Waals surface area contributed by atoms with Crippen LogP contribution in [0.25, 0.3) is 0 Å². The fourth-order valence-electron chi connectivity index (χ4n) is 2.81. The van der Waals surface area contributed by atoms with E-state index < -0.39 is 0 Å². The van der Waals surface area contributed by atoms with Crippen molar-refractivity contribution in [3.05, 3.63) is 35.4 Å². The predicted octanol–water partition coefficient (Wildman–Crippen LogP) is 3.56. The summed E-state index contributed by atoms with van der Waals surface area (Å²) in [6, 6.07) is 10.8. The standard InChI is InChI=1S/C17H24N2O/c1-4-17(3)11-16(9-10-20-17)19-13(2)15-7-5-14(12-18)6-8-15/h5-8,13,16,19H,4,9-11H2,1-3H3. The van der Waals surface area contributed by atoms with Crippen molar-refractivity contribution in [2.45, 2.75) is 57.7 Å². The molecule has 1 aromatic carbocycles. The number of hydrogen-bond donors (Lipinski definition) is 1. The van der Waals surface area contributed by atoms with Crippen molar-refractivity contribution in [2.75, 3.05) is 6.61 Å². The fourth-order valence-corrected chi connectivity index (χ4v) is 2.81. The van der Waals surface area contributed by atoms with Gasteiger partial charge in [-0.15, -0.1) is 0 Å². The number of rotatable bonds is 4. The number of nitriles is 1. The number of nitrogens with zero attached hydrogens (tertiary/aromatic N) is 1. The van der Waals surface area contributed by atoms with Crippen molar-refractivity contribution in [2.24, 2.45) is 0 Å². The highest BCUT2D eigenvalue weighted by Crippen LogP contribution is 2.29. The molecule has 0 aromatic heterocycles. The van der Waals surface area contributed by atoms with E-state index >= 15 is 0 Å². The lowest BCUT2D eigenvalue weighted by Gasteiger charge is -2.39. The first-order valence-electron chi connectivity index (χ1n) is 7.46. The van der Waals surface area contributed by atoms with Crippen molar-refractivity contribution in [1.29, 1.82) is 5.26 Å². The van der Waals surface area contributed by atoms with Gasteiger partial charge in [-0.3, -0.25) is 0 Å². The van der Waals surface area contributed by atoms with Gasteiger partial charge < -0.3 is 10.1 Å². The molecule has 0 radical (unpaired) electrons. The van der Waals surface area contributed by atoms with Crippen molar-refractivity contribution in [1.82, 2.24) is 5.32 Å². The van der Waals surface area contributed by atoms with Gasteiger partial charge in [-0.25, -0.2) is 0 Å². The maximum atomic E-state index is 8.83. The minimum Gasteiger partial charge on any atom is -0.375 e. The Morgan fingerprint density at radius 1 is 1.45 bits per heavy atom. The van der Waals surface area contributed by atoms with Crippen LogP contribution in [0.3, 0.4) is 0 Å². The van der Waals surface area contributed by atoms with Gasteiger partial charge >= 0.3 is 0 Å². The molecule has 3 heteroatoms. The second-order valence-corrected chi connectivity index (χ2v) is 5.96. The van der Waals surface area contributed by atoms with Crippen LogP contribution >= 0.6 is 0 Å². The van der Waals surface area contributed by atoms with Crippen LogP contribution in [0, 0.1) is 11.3 Å². The van der Waals surface area contributed by atoms with Crippen LogP contribution in [-0.2, 0) is 4.74 Å². The molecule has 1 saturated heterocycles. The topological polar surface area (TPSA) is 45.0 Å². The summed E-state index contributed by atoms with van der Waals surface area (Å²) in [6.07, 6.45) is 3.18. The van der Waals surface area contributed by atoms with Gasteiger partial charge in [0, 0.05) is 18.7 Å². The highest BCUT2D eigenvalue weighted by atomic mass is 16.5.